The summed E-state index contributed by atoms with van der Waals surface area (Å²) >= 11 is 0. The van der Waals surface area contributed by atoms with E-state index in [0.717, 1.165) is 6.07 Å². The number of benzene rings is 1. The van der Waals surface area contributed by atoms with Gasteiger partial charge in [-0.2, -0.15) is 8.42 Å². The van der Waals surface area contributed by atoms with Crippen LogP contribution >= 0.6 is 0 Å². The van der Waals surface area contributed by atoms with E-state index in [1.165, 1.54) is 0 Å². The molecule has 0 aliphatic rings. The number of hydrogen-bond acceptors (Lipinski definition) is 6. The summed E-state index contributed by atoms with van der Waals surface area (Å²) in [6, 6.07) is 0.773. The Hall–Kier alpha value is -1.67. The van der Waals surface area contributed by atoms with E-state index in [2.05, 4.69) is 0 Å². The summed E-state index contributed by atoms with van der Waals surface area (Å²) in [7, 11) is -4.62. The molecule has 1 aromatic rings. The standard InChI is InChI=1S/C6H8N2O5S/c7-2-1-3(9)5(10)4(8)6(2)14(11,12)13/h1,9-10H,7-8H2,(H,11,12,13). The minimum absolute atomic E-state index is 0.444. The van der Waals surface area contributed by atoms with Gasteiger partial charge >= 0.3 is 0 Å². The fraction of sp³-hybridized carbons (Fsp3) is 0. The molecule has 7 nitrogen and oxygen atoms in total. The van der Waals surface area contributed by atoms with Gasteiger partial charge in [-0.05, 0) is 0 Å². The van der Waals surface area contributed by atoms with Gasteiger partial charge in [0.05, 0.1) is 5.69 Å². The van der Waals surface area contributed by atoms with Crippen LogP contribution in [-0.4, -0.2) is 23.2 Å². The van der Waals surface area contributed by atoms with E-state index in [9.17, 15) is 8.42 Å². The zero-order chi connectivity index (χ0) is 11.1. The van der Waals surface area contributed by atoms with Gasteiger partial charge in [0.2, 0.25) is 0 Å². The number of hydrogen-bond donors (Lipinski definition) is 5. The molecule has 0 atom stereocenters. The van der Waals surface area contributed by atoms with Gasteiger partial charge < -0.3 is 21.7 Å². The highest BCUT2D eigenvalue weighted by molar-refractivity contribution is 7.86. The van der Waals surface area contributed by atoms with E-state index >= 15 is 0 Å². The third-order valence-electron chi connectivity index (χ3n) is 1.55. The highest BCUT2D eigenvalue weighted by Gasteiger charge is 2.22. The van der Waals surface area contributed by atoms with Gasteiger partial charge in [0.1, 0.15) is 10.6 Å². The minimum Gasteiger partial charge on any atom is -0.504 e. The molecule has 0 fully saturated rings. The Bertz CT molecular complexity index is 481. The zero-order valence-electron chi connectivity index (χ0n) is 6.80. The minimum atomic E-state index is -4.62. The quantitative estimate of drug-likeness (QED) is 0.185. The van der Waals surface area contributed by atoms with Crippen LogP contribution in [0, 0.1) is 0 Å². The Balaban J connectivity index is 3.70. The third kappa shape index (κ3) is 1.52. The van der Waals surface area contributed by atoms with Crippen molar-refractivity contribution in [1.29, 1.82) is 0 Å². The number of phenolic OH excluding ortho intramolecular Hbond substituents is 2. The first kappa shape index (κ1) is 10.4. The predicted molar refractivity (Wildman–Crippen MR) is 48.4 cm³/mol. The van der Waals surface area contributed by atoms with E-state index in [0.29, 0.717) is 0 Å². The first-order chi connectivity index (χ1) is 6.25. The smallest absolute Gasteiger partial charge is 0.298 e. The summed E-state index contributed by atoms with van der Waals surface area (Å²) in [5.74, 6) is -1.50. The monoisotopic (exact) mass is 220 g/mol. The second-order valence-electron chi connectivity index (χ2n) is 2.55. The van der Waals surface area contributed by atoms with Crippen molar-refractivity contribution in [1.82, 2.24) is 0 Å². The Kier molecular flexibility index (Phi) is 2.18. The van der Waals surface area contributed by atoms with Crippen LogP contribution in [0.4, 0.5) is 11.4 Å². The second-order valence-corrected chi connectivity index (χ2v) is 3.91. The molecule has 0 heterocycles. The third-order valence-corrected chi connectivity index (χ3v) is 2.53. The normalized spacial score (nSPS) is 11.5. The fourth-order valence-electron chi connectivity index (χ4n) is 0.970. The van der Waals surface area contributed by atoms with Crippen molar-refractivity contribution in [2.75, 3.05) is 11.5 Å². The number of aromatic hydroxyl groups is 2. The van der Waals surface area contributed by atoms with Crippen LogP contribution in [0.15, 0.2) is 11.0 Å². The first-order valence-corrected chi connectivity index (χ1v) is 4.76. The van der Waals surface area contributed by atoms with Gasteiger partial charge in [-0.25, -0.2) is 0 Å². The number of anilines is 2. The van der Waals surface area contributed by atoms with Gasteiger partial charge in [-0.3, -0.25) is 4.55 Å². The van der Waals surface area contributed by atoms with E-state index in [4.69, 9.17) is 26.2 Å². The van der Waals surface area contributed by atoms with Crippen LogP contribution in [0.1, 0.15) is 0 Å². The molecule has 0 unspecified atom stereocenters. The Morgan fingerprint density at radius 3 is 2.14 bits per heavy atom. The van der Waals surface area contributed by atoms with Crippen LogP contribution in [0.2, 0.25) is 0 Å². The molecular weight excluding hydrogens is 212 g/mol. The number of phenols is 2. The molecule has 0 aromatic heterocycles. The molecule has 0 radical (unpaired) electrons. The predicted octanol–water partition coefficient (Wildman–Crippen LogP) is -0.491. The summed E-state index contributed by atoms with van der Waals surface area (Å²) < 4.78 is 30.2. The molecule has 0 amide bonds. The van der Waals surface area contributed by atoms with Gasteiger partial charge in [-0.1, -0.05) is 0 Å². The molecule has 0 spiro atoms. The summed E-state index contributed by atoms with van der Waals surface area (Å²) in [4.78, 5) is -0.812. The fourth-order valence-corrected chi connectivity index (χ4v) is 1.70. The Labute approximate surface area is 79.3 Å². The Morgan fingerprint density at radius 1 is 1.21 bits per heavy atom. The van der Waals surface area contributed by atoms with Gasteiger partial charge in [-0.15, -0.1) is 0 Å². The van der Waals surface area contributed by atoms with Crippen LogP contribution < -0.4 is 11.5 Å². The SMILES string of the molecule is Nc1cc(O)c(O)c(N)c1S(=O)(=O)O. The lowest BCUT2D eigenvalue weighted by atomic mass is 10.2. The molecule has 1 aromatic carbocycles. The molecule has 14 heavy (non-hydrogen) atoms. The summed E-state index contributed by atoms with van der Waals surface area (Å²) in [5, 5.41) is 18.1. The molecule has 0 saturated carbocycles. The zero-order valence-corrected chi connectivity index (χ0v) is 7.61. The van der Waals surface area contributed by atoms with E-state index in [-0.39, 0.29) is 0 Å². The van der Waals surface area contributed by atoms with E-state index in [1.807, 2.05) is 0 Å². The molecule has 0 bridgehead atoms. The molecule has 7 N–H and O–H groups in total. The lowest BCUT2D eigenvalue weighted by Crippen LogP contribution is -2.07. The maximum absolute atomic E-state index is 10.7. The molecule has 0 aliphatic carbocycles. The van der Waals surface area contributed by atoms with Crippen molar-refractivity contribution in [2.45, 2.75) is 4.90 Å². The van der Waals surface area contributed by atoms with Crippen molar-refractivity contribution >= 4 is 21.5 Å². The van der Waals surface area contributed by atoms with Crippen molar-refractivity contribution in [3.8, 4) is 11.5 Å². The van der Waals surface area contributed by atoms with Crippen LogP contribution in [0.5, 0.6) is 11.5 Å². The molecule has 78 valence electrons. The summed E-state index contributed by atoms with van der Waals surface area (Å²) in [6.45, 7) is 0. The lowest BCUT2D eigenvalue weighted by Gasteiger charge is -2.08. The lowest BCUT2D eigenvalue weighted by molar-refractivity contribution is 0.404. The first-order valence-electron chi connectivity index (χ1n) is 3.32. The van der Waals surface area contributed by atoms with Gasteiger partial charge in [0.25, 0.3) is 10.1 Å². The highest BCUT2D eigenvalue weighted by atomic mass is 32.2. The van der Waals surface area contributed by atoms with Crippen molar-refractivity contribution in [3.63, 3.8) is 0 Å². The van der Waals surface area contributed by atoms with Crippen LogP contribution in [0.25, 0.3) is 0 Å². The van der Waals surface area contributed by atoms with Gasteiger partial charge in [0, 0.05) is 6.07 Å². The number of rotatable bonds is 1. The highest BCUT2D eigenvalue weighted by Crippen LogP contribution is 2.39. The topological polar surface area (TPSA) is 147 Å². The van der Waals surface area contributed by atoms with Crippen LogP contribution in [-0.2, 0) is 10.1 Å². The van der Waals surface area contributed by atoms with Crippen LogP contribution in [0.3, 0.4) is 0 Å². The van der Waals surface area contributed by atoms with Crippen molar-refractivity contribution in [2.24, 2.45) is 0 Å². The van der Waals surface area contributed by atoms with Crippen molar-refractivity contribution < 1.29 is 23.2 Å². The second kappa shape index (κ2) is 2.93. The maximum atomic E-state index is 10.7. The molecule has 1 rings (SSSR count). The number of nitrogens with two attached hydrogens (primary N) is 2. The molecule has 0 saturated heterocycles. The average molecular weight is 220 g/mol. The average Bonchev–Trinajstić information content (AvgIpc) is 1.97. The van der Waals surface area contributed by atoms with E-state index < -0.39 is 37.9 Å². The van der Waals surface area contributed by atoms with Gasteiger partial charge in [0.15, 0.2) is 11.5 Å². The Morgan fingerprint density at radius 2 is 1.71 bits per heavy atom. The number of nitrogen functional groups attached to an aromatic ring is 2. The molecule has 8 heteroatoms. The maximum Gasteiger partial charge on any atom is 0.298 e. The summed E-state index contributed by atoms with van der Waals surface area (Å²) in [6.07, 6.45) is 0. The largest absolute Gasteiger partial charge is 0.504 e. The summed E-state index contributed by atoms with van der Waals surface area (Å²) in [5.41, 5.74) is 9.19. The van der Waals surface area contributed by atoms with Crippen molar-refractivity contribution in [3.05, 3.63) is 6.07 Å². The molecular formula is C6H8N2O5S. The molecule has 0 aliphatic heterocycles. The van der Waals surface area contributed by atoms with E-state index in [1.54, 1.807) is 0 Å².